The van der Waals surface area contributed by atoms with E-state index in [2.05, 4.69) is 22.5 Å². The molecule has 52 valence electrons. The molecule has 0 atom stereocenters. The number of hydrogen-bond acceptors (Lipinski definition) is 1. The van der Waals surface area contributed by atoms with Crippen LogP contribution in [0.4, 0.5) is 5.69 Å². The Morgan fingerprint density at radius 3 is 2.60 bits per heavy atom. The molecule has 2 N–H and O–H groups in total. The van der Waals surface area contributed by atoms with E-state index < -0.39 is 0 Å². The van der Waals surface area contributed by atoms with Gasteiger partial charge in [0.05, 0.1) is 0 Å². The Kier molecular flexibility index (Phi) is 2.12. The van der Waals surface area contributed by atoms with Gasteiger partial charge in [-0.05, 0) is 23.8 Å². The van der Waals surface area contributed by atoms with Gasteiger partial charge in [-0.25, -0.2) is 0 Å². The maximum absolute atomic E-state index is 5.56. The van der Waals surface area contributed by atoms with Crippen molar-refractivity contribution in [3.8, 4) is 0 Å². The van der Waals surface area contributed by atoms with Gasteiger partial charge < -0.3 is 5.73 Å². The van der Waals surface area contributed by atoms with Crippen LogP contribution in [0.15, 0.2) is 29.3 Å². The van der Waals surface area contributed by atoms with E-state index in [-0.39, 0.29) is 0 Å². The van der Waals surface area contributed by atoms with Gasteiger partial charge in [-0.15, -0.1) is 0 Å². The third-order valence-electron chi connectivity index (χ3n) is 1.18. The Hall–Kier alpha value is -0.760. The van der Waals surface area contributed by atoms with Crippen molar-refractivity contribution in [1.82, 2.24) is 0 Å². The van der Waals surface area contributed by atoms with E-state index in [1.54, 1.807) is 6.08 Å². The fourth-order valence-electron chi connectivity index (χ4n) is 0.754. The lowest BCUT2D eigenvalue weighted by molar-refractivity contribution is 1.60. The first-order chi connectivity index (χ1) is 4.72. The second-order valence-electron chi connectivity index (χ2n) is 2.02. The molecule has 1 nitrogen and oxygen atoms in total. The van der Waals surface area contributed by atoms with Gasteiger partial charge in [0, 0.05) is 10.2 Å². The van der Waals surface area contributed by atoms with Crippen molar-refractivity contribution in [2.45, 2.75) is 0 Å². The minimum Gasteiger partial charge on any atom is -0.399 e. The zero-order valence-corrected chi connectivity index (χ0v) is 7.06. The number of benzene rings is 1. The topological polar surface area (TPSA) is 26.0 Å². The predicted octanol–water partition coefficient (Wildman–Crippen LogP) is 2.67. The molecule has 0 spiro atoms. The molecular weight excluding hydrogens is 190 g/mol. The zero-order valence-electron chi connectivity index (χ0n) is 5.47. The van der Waals surface area contributed by atoms with Gasteiger partial charge in [0.25, 0.3) is 0 Å². The van der Waals surface area contributed by atoms with Crippen molar-refractivity contribution in [2.75, 3.05) is 5.73 Å². The van der Waals surface area contributed by atoms with Gasteiger partial charge >= 0.3 is 0 Å². The summed E-state index contributed by atoms with van der Waals surface area (Å²) in [5.41, 5.74) is 7.35. The van der Waals surface area contributed by atoms with Crippen LogP contribution in [-0.4, -0.2) is 0 Å². The SMILES string of the molecule is C=Cc1cc(N)cc(Br)c1. The van der Waals surface area contributed by atoms with Crippen molar-refractivity contribution in [2.24, 2.45) is 0 Å². The highest BCUT2D eigenvalue weighted by atomic mass is 79.9. The Balaban J connectivity index is 3.18. The highest BCUT2D eigenvalue weighted by Gasteiger charge is 1.91. The Bertz CT molecular complexity index is 235. The molecule has 0 saturated carbocycles. The molecule has 1 rings (SSSR count). The number of rotatable bonds is 1. The third-order valence-corrected chi connectivity index (χ3v) is 1.64. The summed E-state index contributed by atoms with van der Waals surface area (Å²) in [6.45, 7) is 3.64. The second kappa shape index (κ2) is 2.88. The molecule has 0 aromatic heterocycles. The van der Waals surface area contributed by atoms with E-state index >= 15 is 0 Å². The summed E-state index contributed by atoms with van der Waals surface area (Å²) in [5.74, 6) is 0. The van der Waals surface area contributed by atoms with E-state index in [0.29, 0.717) is 0 Å². The molecule has 10 heavy (non-hydrogen) atoms. The lowest BCUT2D eigenvalue weighted by Crippen LogP contribution is -1.84. The molecule has 2 heteroatoms. The van der Waals surface area contributed by atoms with E-state index in [9.17, 15) is 0 Å². The molecule has 1 aromatic rings. The van der Waals surface area contributed by atoms with Crippen LogP contribution in [0.25, 0.3) is 6.08 Å². The quantitative estimate of drug-likeness (QED) is 0.689. The van der Waals surface area contributed by atoms with Crippen LogP contribution >= 0.6 is 15.9 Å². The summed E-state index contributed by atoms with van der Waals surface area (Å²) >= 11 is 3.33. The first-order valence-corrected chi connectivity index (χ1v) is 3.70. The third kappa shape index (κ3) is 1.61. The van der Waals surface area contributed by atoms with Gasteiger partial charge in [0.15, 0.2) is 0 Å². The summed E-state index contributed by atoms with van der Waals surface area (Å²) < 4.78 is 0.988. The van der Waals surface area contributed by atoms with Crippen LogP contribution in [0.3, 0.4) is 0 Å². The predicted molar refractivity (Wildman–Crippen MR) is 48.6 cm³/mol. The summed E-state index contributed by atoms with van der Waals surface area (Å²) in [4.78, 5) is 0. The zero-order chi connectivity index (χ0) is 7.56. The maximum Gasteiger partial charge on any atom is 0.0331 e. The monoisotopic (exact) mass is 197 g/mol. The van der Waals surface area contributed by atoms with Crippen LogP contribution < -0.4 is 5.73 Å². The molecule has 0 fully saturated rings. The van der Waals surface area contributed by atoms with Gasteiger partial charge in [0.2, 0.25) is 0 Å². The summed E-state index contributed by atoms with van der Waals surface area (Å²) in [5, 5.41) is 0. The fourth-order valence-corrected chi connectivity index (χ4v) is 1.28. The van der Waals surface area contributed by atoms with E-state index in [1.807, 2.05) is 18.2 Å². The van der Waals surface area contributed by atoms with Crippen LogP contribution in [-0.2, 0) is 0 Å². The highest BCUT2D eigenvalue weighted by Crippen LogP contribution is 2.17. The average Bonchev–Trinajstić information content (AvgIpc) is 1.85. The van der Waals surface area contributed by atoms with Crippen molar-refractivity contribution >= 4 is 27.7 Å². The van der Waals surface area contributed by atoms with Crippen molar-refractivity contribution in [3.63, 3.8) is 0 Å². The van der Waals surface area contributed by atoms with Crippen LogP contribution in [0.5, 0.6) is 0 Å². The summed E-state index contributed by atoms with van der Waals surface area (Å²) in [6.07, 6.45) is 1.76. The van der Waals surface area contributed by atoms with E-state index in [4.69, 9.17) is 5.73 Å². The standard InChI is InChI=1S/C8H8BrN/c1-2-6-3-7(9)5-8(10)4-6/h2-5H,1,10H2. The fraction of sp³-hybridized carbons (Fsp3) is 0. The minimum absolute atomic E-state index is 0.754. The smallest absolute Gasteiger partial charge is 0.0331 e. The van der Waals surface area contributed by atoms with Crippen molar-refractivity contribution in [3.05, 3.63) is 34.8 Å². The van der Waals surface area contributed by atoms with Crippen molar-refractivity contribution in [1.29, 1.82) is 0 Å². The largest absolute Gasteiger partial charge is 0.399 e. The Labute approximate surface area is 68.7 Å². The normalized spacial score (nSPS) is 9.30. The van der Waals surface area contributed by atoms with Crippen LogP contribution in [0.2, 0.25) is 0 Å². The summed E-state index contributed by atoms with van der Waals surface area (Å²) in [7, 11) is 0. The molecule has 0 aliphatic heterocycles. The molecule has 0 heterocycles. The molecule has 0 amide bonds. The molecule has 0 bridgehead atoms. The molecular formula is C8H8BrN. The second-order valence-corrected chi connectivity index (χ2v) is 2.94. The Morgan fingerprint density at radius 2 is 2.10 bits per heavy atom. The van der Waals surface area contributed by atoms with Crippen LogP contribution in [0, 0.1) is 0 Å². The first kappa shape index (κ1) is 7.35. The van der Waals surface area contributed by atoms with Crippen LogP contribution in [0.1, 0.15) is 5.56 Å². The highest BCUT2D eigenvalue weighted by molar-refractivity contribution is 9.10. The molecule has 0 aliphatic rings. The number of hydrogen-bond donors (Lipinski definition) is 1. The van der Waals surface area contributed by atoms with E-state index in [0.717, 1.165) is 15.7 Å². The molecule has 0 saturated heterocycles. The Morgan fingerprint density at radius 1 is 1.40 bits per heavy atom. The van der Waals surface area contributed by atoms with E-state index in [1.165, 1.54) is 0 Å². The number of nitrogen functional groups attached to an aromatic ring is 1. The van der Waals surface area contributed by atoms with Gasteiger partial charge in [-0.3, -0.25) is 0 Å². The molecule has 0 unspecified atom stereocenters. The minimum atomic E-state index is 0.754. The van der Waals surface area contributed by atoms with Gasteiger partial charge in [-0.2, -0.15) is 0 Å². The lowest BCUT2D eigenvalue weighted by atomic mass is 10.2. The first-order valence-electron chi connectivity index (χ1n) is 2.91. The van der Waals surface area contributed by atoms with Gasteiger partial charge in [-0.1, -0.05) is 28.6 Å². The number of anilines is 1. The number of halogens is 1. The molecule has 0 aliphatic carbocycles. The molecule has 1 aromatic carbocycles. The maximum atomic E-state index is 5.56. The van der Waals surface area contributed by atoms with Crippen molar-refractivity contribution < 1.29 is 0 Å². The number of nitrogens with two attached hydrogens (primary N) is 1. The average molecular weight is 198 g/mol. The van der Waals surface area contributed by atoms with Gasteiger partial charge in [0.1, 0.15) is 0 Å². The lowest BCUT2D eigenvalue weighted by Gasteiger charge is -1.96. The molecule has 0 radical (unpaired) electrons. The summed E-state index contributed by atoms with van der Waals surface area (Å²) in [6, 6.07) is 5.69.